The number of epoxide rings is 1. The minimum Gasteiger partial charge on any atom is -0.462 e. The molecule has 0 amide bonds. The van der Waals surface area contributed by atoms with E-state index in [0.717, 1.165) is 44.9 Å². The number of phosphoric ester groups is 2. The molecule has 5 atom stereocenters. The van der Waals surface area contributed by atoms with Gasteiger partial charge in [-0.2, -0.15) is 0 Å². The monoisotopic (exact) mass is 916 g/mol. The van der Waals surface area contributed by atoms with Crippen LogP contribution < -0.4 is 0 Å². The zero-order chi connectivity index (χ0) is 45.6. The van der Waals surface area contributed by atoms with Crippen LogP contribution in [0.3, 0.4) is 0 Å². The van der Waals surface area contributed by atoms with Crippen LogP contribution in [0.15, 0.2) is 72.9 Å². The van der Waals surface area contributed by atoms with Crippen molar-refractivity contribution < 1.29 is 66.3 Å². The minimum atomic E-state index is -4.88. The van der Waals surface area contributed by atoms with Crippen LogP contribution in [0, 0.1) is 0 Å². The molecule has 1 saturated heterocycles. The van der Waals surface area contributed by atoms with Gasteiger partial charge in [-0.05, 0) is 77.0 Å². The highest BCUT2D eigenvalue weighted by molar-refractivity contribution is 7.47. The smallest absolute Gasteiger partial charge is 0.462 e. The second-order valence-corrected chi connectivity index (χ2v) is 18.0. The summed E-state index contributed by atoms with van der Waals surface area (Å²) in [5.41, 5.74) is 0. The second-order valence-electron chi connectivity index (χ2n) is 15.4. The van der Waals surface area contributed by atoms with Gasteiger partial charge in [0.15, 0.2) is 6.10 Å². The lowest BCUT2D eigenvalue weighted by molar-refractivity contribution is -0.161. The third kappa shape index (κ3) is 38.0. The molecule has 62 heavy (non-hydrogen) atoms. The molecule has 0 aromatic heterocycles. The van der Waals surface area contributed by atoms with Gasteiger partial charge in [0.2, 0.25) is 0 Å². The quantitative estimate of drug-likeness (QED) is 0.0148. The van der Waals surface area contributed by atoms with Crippen molar-refractivity contribution in [3.05, 3.63) is 72.9 Å². The normalized spacial score (nSPS) is 17.9. The maximum absolute atomic E-state index is 12.7. The summed E-state index contributed by atoms with van der Waals surface area (Å²) in [5.74, 6) is -1.17. The van der Waals surface area contributed by atoms with Crippen LogP contribution in [-0.4, -0.2) is 82.6 Å². The Balaban J connectivity index is 2.42. The number of hydrogen-bond acceptors (Lipinski definition) is 11. The van der Waals surface area contributed by atoms with Gasteiger partial charge in [0.1, 0.15) is 12.7 Å². The average molecular weight is 917 g/mol. The summed E-state index contributed by atoms with van der Waals surface area (Å²) < 4.78 is 53.4. The molecule has 1 fully saturated rings. The Hall–Kier alpha value is -2.48. The van der Waals surface area contributed by atoms with Crippen LogP contribution in [0.5, 0.6) is 0 Å². The summed E-state index contributed by atoms with van der Waals surface area (Å²) in [6.07, 6.45) is 43.7. The highest BCUT2D eigenvalue weighted by atomic mass is 31.2. The van der Waals surface area contributed by atoms with Gasteiger partial charge in [-0.15, -0.1) is 0 Å². The number of aliphatic hydroxyl groups excluding tert-OH is 1. The topological polar surface area (TPSA) is 208 Å². The van der Waals surface area contributed by atoms with Crippen LogP contribution in [0.4, 0.5) is 0 Å². The van der Waals surface area contributed by atoms with E-state index in [9.17, 15) is 28.7 Å². The van der Waals surface area contributed by atoms with Gasteiger partial charge in [-0.25, -0.2) is 9.13 Å². The third-order valence-corrected chi connectivity index (χ3v) is 10.9. The van der Waals surface area contributed by atoms with Crippen molar-refractivity contribution in [2.75, 3.05) is 26.4 Å². The van der Waals surface area contributed by atoms with Crippen LogP contribution in [0.1, 0.15) is 155 Å². The number of carbonyl (C=O) groups is 2. The Labute approximate surface area is 371 Å². The minimum absolute atomic E-state index is 0.0424. The van der Waals surface area contributed by atoms with E-state index in [-0.39, 0.29) is 12.8 Å². The zero-order valence-electron chi connectivity index (χ0n) is 37.4. The predicted octanol–water partition coefficient (Wildman–Crippen LogP) is 10.8. The first-order valence-corrected chi connectivity index (χ1v) is 25.8. The summed E-state index contributed by atoms with van der Waals surface area (Å²) in [4.78, 5) is 52.7. The molecule has 3 unspecified atom stereocenters. The molecule has 14 nitrogen and oxygen atoms in total. The van der Waals surface area contributed by atoms with E-state index in [4.69, 9.17) is 28.5 Å². The predicted molar refractivity (Wildman–Crippen MR) is 243 cm³/mol. The van der Waals surface area contributed by atoms with Crippen LogP contribution in [0.25, 0.3) is 0 Å². The molecular formula is C46H78O14P2. The Morgan fingerprint density at radius 2 is 1.05 bits per heavy atom. The molecule has 0 aliphatic carbocycles. The first kappa shape index (κ1) is 57.5. The summed E-state index contributed by atoms with van der Waals surface area (Å²) in [5, 5.41) is 9.75. The van der Waals surface area contributed by atoms with Crippen molar-refractivity contribution in [2.24, 2.45) is 0 Å². The zero-order valence-corrected chi connectivity index (χ0v) is 39.2. The first-order chi connectivity index (χ1) is 29.8. The van der Waals surface area contributed by atoms with Crippen LogP contribution in [0.2, 0.25) is 0 Å². The van der Waals surface area contributed by atoms with Crippen molar-refractivity contribution in [1.82, 2.24) is 0 Å². The molecule has 1 aliphatic heterocycles. The molecule has 0 aromatic rings. The number of unbranched alkanes of at least 4 members (excludes halogenated alkanes) is 10. The number of aliphatic hydroxyl groups is 1. The number of phosphoric acid groups is 2. The van der Waals surface area contributed by atoms with Crippen LogP contribution >= 0.6 is 15.6 Å². The summed E-state index contributed by atoms with van der Waals surface area (Å²) in [6, 6.07) is 0. The van der Waals surface area contributed by atoms with Gasteiger partial charge in [0, 0.05) is 12.8 Å². The number of hydrogen-bond donors (Lipinski definition) is 4. The first-order valence-electron chi connectivity index (χ1n) is 22.8. The lowest BCUT2D eigenvalue weighted by Gasteiger charge is -2.20. The number of rotatable bonds is 41. The highest BCUT2D eigenvalue weighted by Crippen LogP contribution is 2.44. The maximum atomic E-state index is 12.7. The van der Waals surface area contributed by atoms with Crippen molar-refractivity contribution in [3.8, 4) is 0 Å². The lowest BCUT2D eigenvalue weighted by atomic mass is 10.1. The SMILES string of the molecule is CCCCCCCC/C=C\C/C=C\C/C=C\CCCC(=O)O[C@H](COC(=O)CCC/C=C\C/C=C\C/C=C\CC1OC1CCCCC)COP(=O)(O)OC[C@@H](O)COP(=O)(O)O. The lowest BCUT2D eigenvalue weighted by Crippen LogP contribution is -2.29. The molecule has 0 spiro atoms. The molecule has 16 heteroatoms. The summed E-state index contributed by atoms with van der Waals surface area (Å²) in [6.45, 7) is 1.59. The summed E-state index contributed by atoms with van der Waals surface area (Å²) in [7, 11) is -9.72. The molecule has 0 bridgehead atoms. The third-order valence-electron chi connectivity index (χ3n) is 9.48. The number of carbonyl (C=O) groups excluding carboxylic acids is 2. The van der Waals surface area contributed by atoms with Gasteiger partial charge in [0.25, 0.3) is 0 Å². The van der Waals surface area contributed by atoms with Gasteiger partial charge in [-0.3, -0.25) is 23.2 Å². The van der Waals surface area contributed by atoms with Crippen molar-refractivity contribution in [1.29, 1.82) is 0 Å². The van der Waals surface area contributed by atoms with E-state index < -0.39 is 66.2 Å². The van der Waals surface area contributed by atoms with Gasteiger partial charge >= 0.3 is 27.6 Å². The van der Waals surface area contributed by atoms with Crippen LogP contribution in [-0.2, 0) is 46.5 Å². The number of allylic oxidation sites excluding steroid dienone is 11. The van der Waals surface area contributed by atoms with E-state index in [1.54, 1.807) is 0 Å². The Morgan fingerprint density at radius 1 is 0.565 bits per heavy atom. The van der Waals surface area contributed by atoms with Gasteiger partial charge in [-0.1, -0.05) is 138 Å². The molecule has 4 N–H and O–H groups in total. The van der Waals surface area contributed by atoms with Gasteiger partial charge < -0.3 is 34.0 Å². The fraction of sp³-hybridized carbons (Fsp3) is 0.696. The molecule has 356 valence electrons. The Bertz CT molecular complexity index is 1440. The van der Waals surface area contributed by atoms with Crippen molar-refractivity contribution >= 4 is 27.6 Å². The van der Waals surface area contributed by atoms with E-state index in [1.165, 1.54) is 57.8 Å². The Kier molecular flexibility index (Phi) is 35.1. The molecule has 0 radical (unpaired) electrons. The van der Waals surface area contributed by atoms with E-state index in [2.05, 4.69) is 71.5 Å². The van der Waals surface area contributed by atoms with E-state index in [1.807, 2.05) is 24.3 Å². The average Bonchev–Trinajstić information content (AvgIpc) is 3.99. The molecule has 1 aliphatic rings. The largest absolute Gasteiger partial charge is 0.472 e. The number of esters is 2. The van der Waals surface area contributed by atoms with E-state index >= 15 is 0 Å². The standard InChI is InChI=1S/C46H78O14P2/c1-3-5-7-8-9-10-11-12-13-14-15-16-17-22-25-28-32-36-46(49)59-42(40-58-62(53,54)57-38-41(47)37-56-61(50,51)52)39-55-45(48)35-31-27-24-21-19-18-20-23-26-30-34-44-43(60-44)33-29-6-4-2/h12-13,15-16,18,20-22,24-26,30,41-44,47H,3-11,14,17,19,23,27-29,31-40H2,1-2H3,(H,53,54)(H2,50,51,52)/b13-12-,16-15-,20-18-,24-21-,25-22-,30-26-/t41-,42+,43?,44?/m0/s1. The fourth-order valence-corrected chi connectivity index (χ4v) is 7.08. The van der Waals surface area contributed by atoms with Crippen molar-refractivity contribution in [2.45, 2.75) is 180 Å². The number of ether oxygens (including phenoxy) is 3. The fourth-order valence-electron chi connectivity index (χ4n) is 5.92. The summed E-state index contributed by atoms with van der Waals surface area (Å²) >= 11 is 0. The Morgan fingerprint density at radius 3 is 1.65 bits per heavy atom. The molecule has 0 saturated carbocycles. The highest BCUT2D eigenvalue weighted by Gasteiger charge is 2.36. The molecule has 0 aromatic carbocycles. The molecule has 1 heterocycles. The van der Waals surface area contributed by atoms with Crippen molar-refractivity contribution in [3.63, 3.8) is 0 Å². The maximum Gasteiger partial charge on any atom is 0.472 e. The molecular weight excluding hydrogens is 838 g/mol. The van der Waals surface area contributed by atoms with Gasteiger partial charge in [0.05, 0.1) is 32.0 Å². The molecule has 1 rings (SSSR count). The van der Waals surface area contributed by atoms with E-state index in [0.29, 0.717) is 37.9 Å². The second kappa shape index (κ2) is 37.9.